The highest BCUT2D eigenvalue weighted by atomic mass is 16.3. The minimum Gasteiger partial charge on any atom is -0.389 e. The molecule has 2 heteroatoms. The number of rotatable bonds is 2. The SMILES string of the molecule is CC(C)[C@@H](O)C1=CCCC[C@H]1O. The maximum absolute atomic E-state index is 9.69. The van der Waals surface area contributed by atoms with Crippen LogP contribution in [0.15, 0.2) is 11.6 Å². The summed E-state index contributed by atoms with van der Waals surface area (Å²) in [5.74, 6) is 0.198. The quantitative estimate of drug-likeness (QED) is 0.616. The van der Waals surface area contributed by atoms with Gasteiger partial charge in [-0.1, -0.05) is 19.9 Å². The molecule has 0 radical (unpaired) electrons. The molecule has 0 unspecified atom stereocenters. The van der Waals surface area contributed by atoms with Gasteiger partial charge >= 0.3 is 0 Å². The van der Waals surface area contributed by atoms with Crippen LogP contribution in [0.5, 0.6) is 0 Å². The Morgan fingerprint density at radius 3 is 2.67 bits per heavy atom. The fourth-order valence-corrected chi connectivity index (χ4v) is 1.59. The van der Waals surface area contributed by atoms with Crippen LogP contribution in [0.3, 0.4) is 0 Å². The minimum atomic E-state index is -0.458. The van der Waals surface area contributed by atoms with Gasteiger partial charge in [-0.15, -0.1) is 0 Å². The summed E-state index contributed by atoms with van der Waals surface area (Å²) in [6.07, 6.45) is 3.96. The van der Waals surface area contributed by atoms with Crippen LogP contribution >= 0.6 is 0 Å². The van der Waals surface area contributed by atoms with Crippen LogP contribution in [0, 0.1) is 5.92 Å². The molecular formula is C10H18O2. The summed E-state index contributed by atoms with van der Waals surface area (Å²) in [6.45, 7) is 3.93. The van der Waals surface area contributed by atoms with Gasteiger partial charge in [0.1, 0.15) is 0 Å². The molecular weight excluding hydrogens is 152 g/mol. The summed E-state index contributed by atoms with van der Waals surface area (Å²) in [6, 6.07) is 0. The maximum atomic E-state index is 9.69. The van der Waals surface area contributed by atoms with Gasteiger partial charge in [0.05, 0.1) is 12.2 Å². The molecule has 0 amide bonds. The molecule has 2 atom stereocenters. The third kappa shape index (κ3) is 2.08. The lowest BCUT2D eigenvalue weighted by molar-refractivity contribution is 0.104. The molecule has 0 heterocycles. The zero-order valence-corrected chi connectivity index (χ0v) is 7.83. The highest BCUT2D eigenvalue weighted by molar-refractivity contribution is 5.16. The van der Waals surface area contributed by atoms with Crippen molar-refractivity contribution in [2.45, 2.75) is 45.3 Å². The van der Waals surface area contributed by atoms with E-state index in [-0.39, 0.29) is 5.92 Å². The summed E-state index contributed by atoms with van der Waals surface area (Å²) in [4.78, 5) is 0. The number of hydrogen-bond donors (Lipinski definition) is 2. The first kappa shape index (κ1) is 9.75. The van der Waals surface area contributed by atoms with Crippen molar-refractivity contribution in [1.82, 2.24) is 0 Å². The largest absolute Gasteiger partial charge is 0.389 e. The van der Waals surface area contributed by atoms with Crippen molar-refractivity contribution in [3.8, 4) is 0 Å². The number of hydrogen-bond acceptors (Lipinski definition) is 2. The van der Waals surface area contributed by atoms with E-state index in [0.717, 1.165) is 24.8 Å². The molecule has 1 aliphatic carbocycles. The smallest absolute Gasteiger partial charge is 0.0797 e. The van der Waals surface area contributed by atoms with Gasteiger partial charge in [0.15, 0.2) is 0 Å². The van der Waals surface area contributed by atoms with Gasteiger partial charge in [0, 0.05) is 0 Å². The predicted molar refractivity (Wildman–Crippen MR) is 48.8 cm³/mol. The highest BCUT2D eigenvalue weighted by Gasteiger charge is 2.23. The van der Waals surface area contributed by atoms with E-state index >= 15 is 0 Å². The molecule has 70 valence electrons. The Hall–Kier alpha value is -0.340. The van der Waals surface area contributed by atoms with Crippen molar-refractivity contribution in [3.63, 3.8) is 0 Å². The van der Waals surface area contributed by atoms with Crippen molar-refractivity contribution in [3.05, 3.63) is 11.6 Å². The molecule has 12 heavy (non-hydrogen) atoms. The van der Waals surface area contributed by atoms with E-state index in [1.807, 2.05) is 19.9 Å². The molecule has 0 aliphatic heterocycles. The molecule has 1 aliphatic rings. The monoisotopic (exact) mass is 170 g/mol. The predicted octanol–water partition coefficient (Wildman–Crippen LogP) is 1.47. The summed E-state index contributed by atoms with van der Waals surface area (Å²) < 4.78 is 0. The lowest BCUT2D eigenvalue weighted by Gasteiger charge is -2.25. The Bertz CT molecular complexity index is 173. The Morgan fingerprint density at radius 2 is 2.17 bits per heavy atom. The van der Waals surface area contributed by atoms with E-state index < -0.39 is 12.2 Å². The first-order chi connectivity index (χ1) is 5.63. The molecule has 0 aromatic carbocycles. The van der Waals surface area contributed by atoms with Gasteiger partial charge < -0.3 is 10.2 Å². The first-order valence-electron chi connectivity index (χ1n) is 4.69. The molecule has 0 fully saturated rings. The summed E-state index contributed by atoms with van der Waals surface area (Å²) >= 11 is 0. The number of allylic oxidation sites excluding steroid dienone is 1. The topological polar surface area (TPSA) is 40.5 Å². The van der Waals surface area contributed by atoms with E-state index in [1.54, 1.807) is 0 Å². The maximum Gasteiger partial charge on any atom is 0.0797 e. The molecule has 0 saturated heterocycles. The Labute approximate surface area is 73.9 Å². The van der Waals surface area contributed by atoms with Crippen LogP contribution in [0.25, 0.3) is 0 Å². The average molecular weight is 170 g/mol. The van der Waals surface area contributed by atoms with E-state index in [9.17, 15) is 10.2 Å². The fraction of sp³-hybridized carbons (Fsp3) is 0.800. The lowest BCUT2D eigenvalue weighted by atomic mass is 9.88. The zero-order valence-electron chi connectivity index (χ0n) is 7.83. The standard InChI is InChI=1S/C10H18O2/c1-7(2)10(12)8-5-3-4-6-9(8)11/h5,7,9-12H,3-4,6H2,1-2H3/t9-,10-/m1/s1. The number of aliphatic hydroxyl groups is 2. The second-order valence-corrected chi connectivity index (χ2v) is 3.84. The van der Waals surface area contributed by atoms with Crippen molar-refractivity contribution in [2.75, 3.05) is 0 Å². The van der Waals surface area contributed by atoms with Gasteiger partial charge in [0.2, 0.25) is 0 Å². The molecule has 2 nitrogen and oxygen atoms in total. The van der Waals surface area contributed by atoms with E-state index in [2.05, 4.69) is 0 Å². The molecule has 0 saturated carbocycles. The van der Waals surface area contributed by atoms with Crippen LogP contribution < -0.4 is 0 Å². The molecule has 0 spiro atoms. The van der Waals surface area contributed by atoms with Crippen LogP contribution in [-0.2, 0) is 0 Å². The van der Waals surface area contributed by atoms with E-state index in [4.69, 9.17) is 0 Å². The Balaban J connectivity index is 2.65. The van der Waals surface area contributed by atoms with Gasteiger partial charge in [-0.05, 0) is 30.8 Å². The molecule has 1 rings (SSSR count). The van der Waals surface area contributed by atoms with Crippen molar-refractivity contribution in [1.29, 1.82) is 0 Å². The highest BCUT2D eigenvalue weighted by Crippen LogP contribution is 2.24. The summed E-state index contributed by atoms with van der Waals surface area (Å²) in [5.41, 5.74) is 0.830. The van der Waals surface area contributed by atoms with Gasteiger partial charge in [0.25, 0.3) is 0 Å². The third-order valence-electron chi connectivity index (χ3n) is 2.42. The molecule has 0 aromatic rings. The average Bonchev–Trinajstić information content (AvgIpc) is 2.04. The van der Waals surface area contributed by atoms with Crippen molar-refractivity contribution < 1.29 is 10.2 Å². The normalized spacial score (nSPS) is 27.1. The Morgan fingerprint density at radius 1 is 1.50 bits per heavy atom. The van der Waals surface area contributed by atoms with Gasteiger partial charge in [-0.2, -0.15) is 0 Å². The Kier molecular flexibility index (Phi) is 3.29. The fourth-order valence-electron chi connectivity index (χ4n) is 1.59. The third-order valence-corrected chi connectivity index (χ3v) is 2.42. The van der Waals surface area contributed by atoms with Gasteiger partial charge in [-0.25, -0.2) is 0 Å². The van der Waals surface area contributed by atoms with Crippen LogP contribution in [0.4, 0.5) is 0 Å². The zero-order chi connectivity index (χ0) is 9.14. The van der Waals surface area contributed by atoms with E-state index in [0.29, 0.717) is 0 Å². The van der Waals surface area contributed by atoms with Crippen LogP contribution in [0.1, 0.15) is 33.1 Å². The van der Waals surface area contributed by atoms with Crippen LogP contribution in [-0.4, -0.2) is 22.4 Å². The van der Waals surface area contributed by atoms with Crippen molar-refractivity contribution in [2.24, 2.45) is 5.92 Å². The lowest BCUT2D eigenvalue weighted by Crippen LogP contribution is -2.28. The first-order valence-corrected chi connectivity index (χ1v) is 4.69. The van der Waals surface area contributed by atoms with Gasteiger partial charge in [-0.3, -0.25) is 0 Å². The molecule has 0 bridgehead atoms. The van der Waals surface area contributed by atoms with Crippen molar-refractivity contribution >= 4 is 0 Å². The number of aliphatic hydroxyl groups excluding tert-OH is 2. The van der Waals surface area contributed by atoms with E-state index in [1.165, 1.54) is 0 Å². The second-order valence-electron chi connectivity index (χ2n) is 3.84. The molecule has 2 N–H and O–H groups in total. The summed E-state index contributed by atoms with van der Waals surface area (Å²) in [7, 11) is 0. The minimum absolute atomic E-state index is 0.198. The molecule has 0 aromatic heterocycles. The second kappa shape index (κ2) is 4.06. The summed E-state index contributed by atoms with van der Waals surface area (Å²) in [5, 5.41) is 19.3. The van der Waals surface area contributed by atoms with Crippen LogP contribution in [0.2, 0.25) is 0 Å².